The number of rotatable bonds is 5. The number of primary amides is 1. The van der Waals surface area contributed by atoms with E-state index in [0.717, 1.165) is 29.3 Å². The molecule has 0 aliphatic heterocycles. The summed E-state index contributed by atoms with van der Waals surface area (Å²) in [6.45, 7) is -0.364. The van der Waals surface area contributed by atoms with Gasteiger partial charge in [0, 0.05) is 10.5 Å². The zero-order valence-electron chi connectivity index (χ0n) is 11.3. The van der Waals surface area contributed by atoms with Crippen LogP contribution < -0.4 is 5.73 Å². The van der Waals surface area contributed by atoms with Crippen LogP contribution in [0.5, 0.6) is 0 Å². The van der Waals surface area contributed by atoms with Gasteiger partial charge in [-0.1, -0.05) is 12.8 Å². The molecule has 1 aliphatic rings. The van der Waals surface area contributed by atoms with Crippen molar-refractivity contribution >= 4 is 31.9 Å². The van der Waals surface area contributed by atoms with Gasteiger partial charge >= 0.3 is 0 Å². The number of sulfonamides is 1. The fraction of sp³-hybridized carbons (Fsp3) is 0.462. The van der Waals surface area contributed by atoms with Gasteiger partial charge < -0.3 is 5.73 Å². The maximum absolute atomic E-state index is 13.1. The number of benzene rings is 1. The second-order valence-corrected chi connectivity index (χ2v) is 7.74. The van der Waals surface area contributed by atoms with Gasteiger partial charge in [-0.05, 0) is 47.0 Å². The predicted octanol–water partition coefficient (Wildman–Crippen LogP) is 2.01. The van der Waals surface area contributed by atoms with Crippen LogP contribution in [0.1, 0.15) is 25.7 Å². The zero-order chi connectivity index (χ0) is 15.6. The summed E-state index contributed by atoms with van der Waals surface area (Å²) in [6.07, 6.45) is 3.23. The van der Waals surface area contributed by atoms with Crippen molar-refractivity contribution in [1.82, 2.24) is 4.31 Å². The minimum absolute atomic E-state index is 0.0583. The quantitative estimate of drug-likeness (QED) is 0.850. The molecule has 21 heavy (non-hydrogen) atoms. The van der Waals surface area contributed by atoms with Gasteiger partial charge in [0.2, 0.25) is 15.9 Å². The van der Waals surface area contributed by atoms with Crippen molar-refractivity contribution in [3.63, 3.8) is 0 Å². The van der Waals surface area contributed by atoms with E-state index in [-0.39, 0.29) is 22.0 Å². The number of nitrogens with two attached hydrogens (primary N) is 1. The van der Waals surface area contributed by atoms with Crippen molar-refractivity contribution in [2.24, 2.45) is 5.73 Å². The van der Waals surface area contributed by atoms with Crippen LogP contribution in [-0.4, -0.2) is 31.2 Å². The molecule has 0 unspecified atom stereocenters. The number of halogens is 2. The Morgan fingerprint density at radius 3 is 2.52 bits per heavy atom. The standard InChI is InChI=1S/C13H16BrFN2O3S/c14-11-7-9(15)5-6-12(11)21(19,20)17(8-13(16)18)10-3-1-2-4-10/h5-7,10H,1-4,8H2,(H2,16,18). The number of hydrogen-bond acceptors (Lipinski definition) is 3. The molecule has 1 amide bonds. The highest BCUT2D eigenvalue weighted by Gasteiger charge is 2.35. The van der Waals surface area contributed by atoms with Crippen LogP contribution in [0.3, 0.4) is 0 Å². The summed E-state index contributed by atoms with van der Waals surface area (Å²) in [5.74, 6) is -1.24. The van der Waals surface area contributed by atoms with E-state index in [4.69, 9.17) is 5.73 Å². The van der Waals surface area contributed by atoms with Gasteiger partial charge in [-0.15, -0.1) is 0 Å². The summed E-state index contributed by atoms with van der Waals surface area (Å²) in [5.41, 5.74) is 5.18. The molecule has 0 heterocycles. The lowest BCUT2D eigenvalue weighted by Crippen LogP contribution is -2.44. The van der Waals surface area contributed by atoms with E-state index in [1.807, 2.05) is 0 Å². The molecule has 0 atom stereocenters. The second-order valence-electron chi connectivity index (χ2n) is 5.03. The second kappa shape index (κ2) is 6.41. The van der Waals surface area contributed by atoms with Crippen LogP contribution in [0.15, 0.2) is 27.6 Å². The van der Waals surface area contributed by atoms with E-state index in [1.54, 1.807) is 0 Å². The molecule has 2 rings (SSSR count). The number of carbonyl (C=O) groups excluding carboxylic acids is 1. The number of nitrogens with zero attached hydrogens (tertiary/aromatic N) is 1. The highest BCUT2D eigenvalue weighted by atomic mass is 79.9. The van der Waals surface area contributed by atoms with Crippen molar-refractivity contribution in [1.29, 1.82) is 0 Å². The summed E-state index contributed by atoms with van der Waals surface area (Å²) in [6, 6.07) is 3.12. The summed E-state index contributed by atoms with van der Waals surface area (Å²) in [4.78, 5) is 11.2. The van der Waals surface area contributed by atoms with Crippen molar-refractivity contribution in [3.05, 3.63) is 28.5 Å². The van der Waals surface area contributed by atoms with Gasteiger partial charge in [-0.2, -0.15) is 4.31 Å². The predicted molar refractivity (Wildman–Crippen MR) is 79.4 cm³/mol. The summed E-state index contributed by atoms with van der Waals surface area (Å²) < 4.78 is 39.9. The molecule has 0 saturated heterocycles. The van der Waals surface area contributed by atoms with E-state index in [1.165, 1.54) is 6.07 Å². The van der Waals surface area contributed by atoms with Crippen LogP contribution in [0.2, 0.25) is 0 Å². The van der Waals surface area contributed by atoms with Gasteiger partial charge in [-0.25, -0.2) is 12.8 Å². The van der Waals surface area contributed by atoms with Crippen molar-refractivity contribution in [2.45, 2.75) is 36.6 Å². The molecule has 0 radical (unpaired) electrons. The SMILES string of the molecule is NC(=O)CN(C1CCCC1)S(=O)(=O)c1ccc(F)cc1Br. The fourth-order valence-corrected chi connectivity index (χ4v) is 5.23. The van der Waals surface area contributed by atoms with Gasteiger partial charge in [0.1, 0.15) is 5.82 Å². The molecule has 8 heteroatoms. The topological polar surface area (TPSA) is 80.5 Å². The van der Waals surface area contributed by atoms with Gasteiger partial charge in [0.05, 0.1) is 11.4 Å². The molecule has 0 spiro atoms. The summed E-state index contributed by atoms with van der Waals surface area (Å²) in [5, 5.41) is 0. The van der Waals surface area contributed by atoms with Gasteiger partial charge in [0.15, 0.2) is 0 Å². The van der Waals surface area contributed by atoms with Crippen molar-refractivity contribution in [3.8, 4) is 0 Å². The lowest BCUT2D eigenvalue weighted by Gasteiger charge is -2.27. The first-order valence-electron chi connectivity index (χ1n) is 6.57. The number of hydrogen-bond donors (Lipinski definition) is 1. The average molecular weight is 379 g/mol. The van der Waals surface area contributed by atoms with E-state index < -0.39 is 21.7 Å². The Morgan fingerprint density at radius 1 is 1.38 bits per heavy atom. The summed E-state index contributed by atoms with van der Waals surface area (Å²) in [7, 11) is -3.91. The molecule has 116 valence electrons. The van der Waals surface area contributed by atoms with E-state index >= 15 is 0 Å². The molecule has 2 N–H and O–H groups in total. The minimum atomic E-state index is -3.91. The molecule has 5 nitrogen and oxygen atoms in total. The molecule has 0 aromatic heterocycles. The van der Waals surface area contributed by atoms with Crippen molar-refractivity contribution < 1.29 is 17.6 Å². The van der Waals surface area contributed by atoms with Crippen LogP contribution in [0, 0.1) is 5.82 Å². The molecule has 1 saturated carbocycles. The first kappa shape index (κ1) is 16.4. The van der Waals surface area contributed by atoms with Crippen LogP contribution in [0.4, 0.5) is 4.39 Å². The Morgan fingerprint density at radius 2 is 2.00 bits per heavy atom. The smallest absolute Gasteiger partial charge is 0.244 e. The largest absolute Gasteiger partial charge is 0.369 e. The van der Waals surface area contributed by atoms with Crippen LogP contribution in [-0.2, 0) is 14.8 Å². The van der Waals surface area contributed by atoms with E-state index in [2.05, 4.69) is 15.9 Å². The molecule has 1 aromatic rings. The molecular formula is C13H16BrFN2O3S. The fourth-order valence-electron chi connectivity index (χ4n) is 2.57. The molecular weight excluding hydrogens is 363 g/mol. The third-order valence-electron chi connectivity index (χ3n) is 3.52. The zero-order valence-corrected chi connectivity index (χ0v) is 13.7. The van der Waals surface area contributed by atoms with Gasteiger partial charge in [-0.3, -0.25) is 4.79 Å². The Balaban J connectivity index is 2.43. The first-order valence-corrected chi connectivity index (χ1v) is 8.81. The number of amides is 1. The van der Waals surface area contributed by atoms with Crippen LogP contribution >= 0.6 is 15.9 Å². The Kier molecular flexibility index (Phi) is 5.00. The Labute approximate surface area is 131 Å². The first-order chi connectivity index (χ1) is 9.82. The highest BCUT2D eigenvalue weighted by molar-refractivity contribution is 9.10. The molecule has 1 aliphatic carbocycles. The summed E-state index contributed by atoms with van der Waals surface area (Å²) >= 11 is 3.06. The molecule has 1 aromatic carbocycles. The Hall–Kier alpha value is -0.990. The lowest BCUT2D eigenvalue weighted by molar-refractivity contribution is -0.118. The van der Waals surface area contributed by atoms with E-state index in [0.29, 0.717) is 12.8 Å². The van der Waals surface area contributed by atoms with Crippen molar-refractivity contribution in [2.75, 3.05) is 6.54 Å². The number of carbonyl (C=O) groups is 1. The molecule has 1 fully saturated rings. The lowest BCUT2D eigenvalue weighted by atomic mass is 10.2. The average Bonchev–Trinajstić information content (AvgIpc) is 2.88. The highest BCUT2D eigenvalue weighted by Crippen LogP contribution is 2.31. The molecule has 0 bridgehead atoms. The maximum atomic E-state index is 13.1. The minimum Gasteiger partial charge on any atom is -0.369 e. The third kappa shape index (κ3) is 3.61. The van der Waals surface area contributed by atoms with E-state index in [9.17, 15) is 17.6 Å². The third-order valence-corrected chi connectivity index (χ3v) is 6.40. The van der Waals surface area contributed by atoms with Crippen LogP contribution in [0.25, 0.3) is 0 Å². The van der Waals surface area contributed by atoms with Gasteiger partial charge in [0.25, 0.3) is 0 Å². The normalized spacial score (nSPS) is 16.5. The monoisotopic (exact) mass is 378 g/mol. The maximum Gasteiger partial charge on any atom is 0.244 e. The Bertz CT molecular complexity index is 645.